The minimum absolute atomic E-state index is 0.00432. The molecule has 180 valence electrons. The third kappa shape index (κ3) is 4.69. The van der Waals surface area contributed by atoms with Gasteiger partial charge in [-0.15, -0.1) is 0 Å². The van der Waals surface area contributed by atoms with Gasteiger partial charge in [0.2, 0.25) is 5.91 Å². The van der Waals surface area contributed by atoms with E-state index in [0.717, 1.165) is 35.4 Å². The van der Waals surface area contributed by atoms with Crippen LogP contribution in [0.1, 0.15) is 53.9 Å². The van der Waals surface area contributed by atoms with E-state index in [-0.39, 0.29) is 17.8 Å². The van der Waals surface area contributed by atoms with Gasteiger partial charge in [-0.3, -0.25) is 9.59 Å². The molecule has 0 radical (unpaired) electrons. The summed E-state index contributed by atoms with van der Waals surface area (Å²) in [5.41, 5.74) is 0.0976. The van der Waals surface area contributed by atoms with Crippen LogP contribution < -0.4 is 0 Å². The number of fused-ring (bicyclic) bond motifs is 2. The Hall–Kier alpha value is -2.87. The van der Waals surface area contributed by atoms with E-state index in [9.17, 15) is 32.3 Å². The average molecular weight is 496 g/mol. The highest BCUT2D eigenvalue weighted by Gasteiger charge is 2.47. The Kier molecular flexibility index (Phi) is 6.46. The molecule has 1 fully saturated rings. The van der Waals surface area contributed by atoms with Crippen LogP contribution in [0.15, 0.2) is 42.5 Å². The number of benzene rings is 2. The monoisotopic (exact) mass is 495 g/mol. The number of alkyl halides is 3. The van der Waals surface area contributed by atoms with Crippen molar-refractivity contribution >= 4 is 29.6 Å². The lowest BCUT2D eigenvalue weighted by Crippen LogP contribution is -2.44. The highest BCUT2D eigenvalue weighted by Crippen LogP contribution is 2.55. The van der Waals surface area contributed by atoms with Crippen molar-refractivity contribution in [3.63, 3.8) is 0 Å². The summed E-state index contributed by atoms with van der Waals surface area (Å²) in [5, 5.41) is 9.90. The first-order valence-electron chi connectivity index (χ1n) is 10.8. The smallest absolute Gasteiger partial charge is 0.416 e. The number of rotatable bonds is 4. The summed E-state index contributed by atoms with van der Waals surface area (Å²) in [6, 6.07) is 7.62. The lowest BCUT2D eigenvalue weighted by Gasteiger charge is -2.40. The van der Waals surface area contributed by atoms with E-state index < -0.39 is 35.0 Å². The Labute approximate surface area is 198 Å². The van der Waals surface area contributed by atoms with Gasteiger partial charge in [0.05, 0.1) is 12.0 Å². The van der Waals surface area contributed by atoms with Gasteiger partial charge in [-0.05, 0) is 72.2 Å². The number of carboxylic acids is 1. The van der Waals surface area contributed by atoms with Crippen LogP contribution in [0.5, 0.6) is 0 Å². The fourth-order valence-electron chi connectivity index (χ4n) is 5.32. The zero-order valence-corrected chi connectivity index (χ0v) is 18.8. The molecule has 1 heterocycles. The van der Waals surface area contributed by atoms with Crippen molar-refractivity contribution in [2.45, 2.75) is 43.2 Å². The molecule has 2 aliphatic rings. The fourth-order valence-corrected chi connectivity index (χ4v) is 5.70. The Bertz CT molecular complexity index is 1150. The van der Waals surface area contributed by atoms with Gasteiger partial charge in [0.15, 0.2) is 0 Å². The molecule has 0 saturated carbocycles. The molecule has 2 aromatic carbocycles. The lowest BCUT2D eigenvalue weighted by atomic mass is 9.73. The maximum Gasteiger partial charge on any atom is 0.416 e. The lowest BCUT2D eigenvalue weighted by molar-refractivity contribution is -0.138. The van der Waals surface area contributed by atoms with Crippen molar-refractivity contribution in [1.29, 1.82) is 0 Å². The minimum atomic E-state index is -4.67. The van der Waals surface area contributed by atoms with Crippen LogP contribution in [-0.4, -0.2) is 35.0 Å². The molecule has 1 unspecified atom stereocenters. The van der Waals surface area contributed by atoms with E-state index in [2.05, 4.69) is 0 Å². The van der Waals surface area contributed by atoms with Crippen molar-refractivity contribution < 1.29 is 32.3 Å². The SMILES string of the molecule is O=C(O)CC1CC2(CCN(C(=O)/C=C/c3cc(F)ccc3C(F)(F)F)CC2)c2c(Cl)cccc21. The number of hydrogen-bond donors (Lipinski definition) is 1. The summed E-state index contributed by atoms with van der Waals surface area (Å²) in [7, 11) is 0. The third-order valence-electron chi connectivity index (χ3n) is 6.83. The van der Waals surface area contributed by atoms with Crippen LogP contribution in [0, 0.1) is 5.82 Å². The van der Waals surface area contributed by atoms with Crippen molar-refractivity contribution in [1.82, 2.24) is 4.90 Å². The van der Waals surface area contributed by atoms with Crippen molar-refractivity contribution in [2.75, 3.05) is 13.1 Å². The quantitative estimate of drug-likeness (QED) is 0.416. The highest BCUT2D eigenvalue weighted by atomic mass is 35.5. The third-order valence-corrected chi connectivity index (χ3v) is 7.15. The van der Waals surface area contributed by atoms with Crippen molar-refractivity contribution in [3.05, 3.63) is 75.6 Å². The molecule has 1 atom stereocenters. The second-order valence-electron chi connectivity index (χ2n) is 8.87. The summed E-state index contributed by atoms with van der Waals surface area (Å²) < 4.78 is 53.1. The van der Waals surface area contributed by atoms with Crippen molar-refractivity contribution in [3.8, 4) is 0 Å². The van der Waals surface area contributed by atoms with Crippen LogP contribution in [0.2, 0.25) is 5.02 Å². The van der Waals surface area contributed by atoms with Gasteiger partial charge in [-0.2, -0.15) is 13.2 Å². The normalized spacial score (nSPS) is 19.6. The van der Waals surface area contributed by atoms with Gasteiger partial charge >= 0.3 is 12.1 Å². The molecule has 9 heteroatoms. The first kappa shape index (κ1) is 24.3. The summed E-state index contributed by atoms with van der Waals surface area (Å²) in [5.74, 6) is -2.34. The van der Waals surface area contributed by atoms with Gasteiger partial charge in [0.25, 0.3) is 0 Å². The molecule has 1 amide bonds. The van der Waals surface area contributed by atoms with Crippen LogP contribution in [0.25, 0.3) is 6.08 Å². The van der Waals surface area contributed by atoms with Crippen LogP contribution in [0.3, 0.4) is 0 Å². The van der Waals surface area contributed by atoms with E-state index in [1.165, 1.54) is 4.90 Å². The maximum absolute atomic E-state index is 13.5. The highest BCUT2D eigenvalue weighted by molar-refractivity contribution is 6.31. The molecule has 0 bridgehead atoms. The number of carboxylic acid groups (broad SMARTS) is 1. The Morgan fingerprint density at radius 1 is 1.18 bits per heavy atom. The molecule has 4 rings (SSSR count). The largest absolute Gasteiger partial charge is 0.481 e. The number of aliphatic carboxylic acids is 1. The number of carbonyl (C=O) groups excluding carboxylic acids is 1. The molecule has 0 aromatic heterocycles. The van der Waals surface area contributed by atoms with E-state index >= 15 is 0 Å². The minimum Gasteiger partial charge on any atom is -0.481 e. The topological polar surface area (TPSA) is 57.6 Å². The van der Waals surface area contributed by atoms with Crippen LogP contribution in [0.4, 0.5) is 17.6 Å². The van der Waals surface area contributed by atoms with Gasteiger partial charge < -0.3 is 10.0 Å². The maximum atomic E-state index is 13.5. The van der Waals surface area contributed by atoms with Gasteiger partial charge in [0.1, 0.15) is 5.82 Å². The molecule has 1 aliphatic heterocycles. The molecule has 1 saturated heterocycles. The average Bonchev–Trinajstić information content (AvgIpc) is 3.05. The molecule has 34 heavy (non-hydrogen) atoms. The van der Waals surface area contributed by atoms with Gasteiger partial charge in [-0.25, -0.2) is 4.39 Å². The molecule has 1 aliphatic carbocycles. The summed E-state index contributed by atoms with van der Waals surface area (Å²) in [6.07, 6.45) is -0.909. The number of nitrogens with zero attached hydrogens (tertiary/aromatic N) is 1. The zero-order valence-electron chi connectivity index (χ0n) is 18.0. The van der Waals surface area contributed by atoms with E-state index in [1.54, 1.807) is 12.1 Å². The second kappa shape index (κ2) is 9.06. The molecule has 1 spiro atoms. The number of hydrogen-bond acceptors (Lipinski definition) is 2. The predicted molar refractivity (Wildman–Crippen MR) is 119 cm³/mol. The molecular weight excluding hydrogens is 474 g/mol. The number of carbonyl (C=O) groups is 2. The Morgan fingerprint density at radius 3 is 2.53 bits per heavy atom. The van der Waals surface area contributed by atoms with Gasteiger partial charge in [-0.1, -0.05) is 23.7 Å². The van der Waals surface area contributed by atoms with Crippen LogP contribution in [-0.2, 0) is 21.2 Å². The van der Waals surface area contributed by atoms with E-state index in [0.29, 0.717) is 43.4 Å². The fraction of sp³-hybridized carbons (Fsp3) is 0.360. The molecule has 4 nitrogen and oxygen atoms in total. The van der Waals surface area contributed by atoms with Gasteiger partial charge in [0, 0.05) is 29.6 Å². The Balaban J connectivity index is 1.50. The molecule has 1 N–H and O–H groups in total. The summed E-state index contributed by atoms with van der Waals surface area (Å²) in [6.45, 7) is 0.700. The van der Waals surface area contributed by atoms with Crippen LogP contribution >= 0.6 is 11.6 Å². The standard InChI is InChI=1S/C25H22ClF4NO3/c26-20-3-1-2-18-16(13-22(33)34)14-24(23(18)20)8-10-31(11-9-24)21(32)7-4-15-12-17(27)5-6-19(15)25(28,29)30/h1-7,12,16H,8-11,13-14H2,(H,33,34)/b7-4+. The Morgan fingerprint density at radius 2 is 1.88 bits per heavy atom. The molecular formula is C25H22ClF4NO3. The predicted octanol–water partition coefficient (Wildman–Crippen LogP) is 6.03. The summed E-state index contributed by atoms with van der Waals surface area (Å²) >= 11 is 6.51. The first-order chi connectivity index (χ1) is 16.0. The second-order valence-corrected chi connectivity index (χ2v) is 9.28. The number of piperidine rings is 1. The number of amides is 1. The zero-order chi connectivity index (χ0) is 24.7. The number of halogens is 5. The number of likely N-dealkylation sites (tertiary alicyclic amines) is 1. The summed E-state index contributed by atoms with van der Waals surface area (Å²) in [4.78, 5) is 25.6. The first-order valence-corrected chi connectivity index (χ1v) is 11.2. The van der Waals surface area contributed by atoms with E-state index in [1.807, 2.05) is 6.07 Å². The molecule has 2 aromatic rings. The van der Waals surface area contributed by atoms with Crippen molar-refractivity contribution in [2.24, 2.45) is 0 Å². The van der Waals surface area contributed by atoms with E-state index in [4.69, 9.17) is 11.6 Å².